The zero-order valence-electron chi connectivity index (χ0n) is 16.1. The largest absolute Gasteiger partial charge is 0.342 e. The van der Waals surface area contributed by atoms with Crippen LogP contribution in [0, 0.1) is 0 Å². The highest BCUT2D eigenvalue weighted by Gasteiger charge is 2.30. The number of rotatable bonds is 1. The van der Waals surface area contributed by atoms with Crippen molar-refractivity contribution in [3.05, 3.63) is 35.0 Å². The predicted octanol–water partition coefficient (Wildman–Crippen LogP) is 4.17. The van der Waals surface area contributed by atoms with Crippen LogP contribution in [0.4, 0.5) is 0 Å². The minimum atomic E-state index is -3.67. The molecule has 1 saturated carbocycles. The molecule has 5 rings (SSSR count). The molecule has 0 radical (unpaired) electrons. The van der Waals surface area contributed by atoms with Crippen LogP contribution in [0.5, 0.6) is 0 Å². The molecular formula is C21H30N2O3S. The van der Waals surface area contributed by atoms with Crippen LogP contribution in [0.1, 0.15) is 73.7 Å². The van der Waals surface area contributed by atoms with Crippen molar-refractivity contribution in [1.29, 1.82) is 0 Å². The lowest BCUT2D eigenvalue weighted by Gasteiger charge is -2.31. The van der Waals surface area contributed by atoms with Gasteiger partial charge in [0.05, 0.1) is 6.26 Å². The third-order valence-corrected chi connectivity index (χ3v) is 6.29. The number of fused-ring (bicyclic) bond motifs is 3. The second kappa shape index (κ2) is 7.57. The SMILES string of the molecule is CS(=O)(=O)O.c1cc2c(cc1C1CCCCC1)c1c3n2CCNC3CCC1. The van der Waals surface area contributed by atoms with Crippen molar-refractivity contribution < 1.29 is 13.0 Å². The highest BCUT2D eigenvalue weighted by Crippen LogP contribution is 2.41. The number of benzene rings is 1. The third-order valence-electron chi connectivity index (χ3n) is 6.29. The van der Waals surface area contributed by atoms with Crippen molar-refractivity contribution >= 4 is 21.0 Å². The Kier molecular flexibility index (Phi) is 5.32. The molecule has 2 heterocycles. The smallest absolute Gasteiger partial charge is 0.261 e. The van der Waals surface area contributed by atoms with Crippen LogP contribution in [-0.4, -0.2) is 30.3 Å². The first-order chi connectivity index (χ1) is 12.9. The van der Waals surface area contributed by atoms with Gasteiger partial charge in [0.15, 0.2) is 0 Å². The average Bonchev–Trinajstić information content (AvgIpc) is 2.97. The molecule has 0 saturated heterocycles. The molecule has 1 aromatic carbocycles. The van der Waals surface area contributed by atoms with E-state index in [2.05, 4.69) is 28.1 Å². The third kappa shape index (κ3) is 4.08. The van der Waals surface area contributed by atoms with Crippen LogP contribution in [0.2, 0.25) is 0 Å². The van der Waals surface area contributed by atoms with E-state index in [9.17, 15) is 8.42 Å². The number of aryl methyl sites for hydroxylation is 1. The maximum atomic E-state index is 9.19. The molecule has 0 spiro atoms. The van der Waals surface area contributed by atoms with E-state index >= 15 is 0 Å². The Balaban J connectivity index is 0.000000323. The summed E-state index contributed by atoms with van der Waals surface area (Å²) >= 11 is 0. The molecular weight excluding hydrogens is 360 g/mol. The summed E-state index contributed by atoms with van der Waals surface area (Å²) in [5.74, 6) is 0.819. The minimum absolute atomic E-state index is 0.614. The maximum Gasteiger partial charge on any atom is 0.261 e. The average molecular weight is 391 g/mol. The van der Waals surface area contributed by atoms with Crippen LogP contribution < -0.4 is 5.32 Å². The molecule has 1 aliphatic heterocycles. The molecule has 1 atom stereocenters. The van der Waals surface area contributed by atoms with Gasteiger partial charge < -0.3 is 9.88 Å². The maximum absolute atomic E-state index is 9.19. The summed E-state index contributed by atoms with van der Waals surface area (Å²) in [5, 5.41) is 5.31. The topological polar surface area (TPSA) is 71.3 Å². The fraction of sp³-hybridized carbons (Fsp3) is 0.619. The highest BCUT2D eigenvalue weighted by atomic mass is 32.2. The quantitative estimate of drug-likeness (QED) is 0.717. The van der Waals surface area contributed by atoms with Gasteiger partial charge in [0, 0.05) is 35.7 Å². The lowest BCUT2D eigenvalue weighted by molar-refractivity contribution is 0.384. The van der Waals surface area contributed by atoms with Crippen LogP contribution in [0.3, 0.4) is 0 Å². The molecule has 6 heteroatoms. The number of aromatic nitrogens is 1. The van der Waals surface area contributed by atoms with Crippen molar-refractivity contribution in [2.45, 2.75) is 69.9 Å². The summed E-state index contributed by atoms with van der Waals surface area (Å²) in [7, 11) is -3.67. The minimum Gasteiger partial charge on any atom is -0.342 e. The molecule has 2 aliphatic carbocycles. The van der Waals surface area contributed by atoms with Crippen molar-refractivity contribution in [3.8, 4) is 0 Å². The van der Waals surface area contributed by atoms with Crippen molar-refractivity contribution in [2.75, 3.05) is 12.8 Å². The Morgan fingerprint density at radius 3 is 2.59 bits per heavy atom. The standard InChI is InChI=1S/C20H26N2.CH4O3S/c1-2-5-14(6-3-1)15-9-10-19-17(13-15)16-7-4-8-18-20(16)22(19)12-11-21-18;1-5(2,3)4/h9-10,13-14,18,21H,1-8,11-12H2;1H3,(H,2,3,4). The fourth-order valence-electron chi connectivity index (χ4n) is 5.22. The van der Waals surface area contributed by atoms with Gasteiger partial charge in [0.25, 0.3) is 10.1 Å². The summed E-state index contributed by atoms with van der Waals surface area (Å²) in [5.41, 5.74) is 6.39. The Hall–Kier alpha value is -1.37. The molecule has 1 unspecified atom stereocenters. The van der Waals surface area contributed by atoms with Crippen LogP contribution >= 0.6 is 0 Å². The lowest BCUT2D eigenvalue weighted by Crippen LogP contribution is -2.35. The first-order valence-corrected chi connectivity index (χ1v) is 12.1. The molecule has 27 heavy (non-hydrogen) atoms. The zero-order chi connectivity index (χ0) is 19.0. The summed E-state index contributed by atoms with van der Waals surface area (Å²) in [6, 6.07) is 8.04. The van der Waals surface area contributed by atoms with Gasteiger partial charge in [0.2, 0.25) is 0 Å². The van der Waals surface area contributed by atoms with Gasteiger partial charge in [-0.3, -0.25) is 4.55 Å². The zero-order valence-corrected chi connectivity index (χ0v) is 16.9. The van der Waals surface area contributed by atoms with Gasteiger partial charge in [-0.2, -0.15) is 8.42 Å². The summed E-state index contributed by atoms with van der Waals surface area (Å²) < 4.78 is 28.5. The van der Waals surface area contributed by atoms with E-state index in [1.54, 1.807) is 22.2 Å². The number of nitrogens with one attached hydrogen (secondary N) is 1. The van der Waals surface area contributed by atoms with E-state index in [0.717, 1.165) is 19.0 Å². The Morgan fingerprint density at radius 1 is 1.11 bits per heavy atom. The van der Waals surface area contributed by atoms with Crippen molar-refractivity contribution in [3.63, 3.8) is 0 Å². The highest BCUT2D eigenvalue weighted by molar-refractivity contribution is 7.85. The number of hydrogen-bond acceptors (Lipinski definition) is 3. The molecule has 0 amide bonds. The van der Waals surface area contributed by atoms with Crippen LogP contribution in [-0.2, 0) is 23.1 Å². The molecule has 2 N–H and O–H groups in total. The van der Waals surface area contributed by atoms with Gasteiger partial charge in [-0.05, 0) is 61.3 Å². The molecule has 5 nitrogen and oxygen atoms in total. The first kappa shape index (κ1) is 19.0. The van der Waals surface area contributed by atoms with Crippen LogP contribution in [0.15, 0.2) is 18.2 Å². The van der Waals surface area contributed by atoms with Gasteiger partial charge in [-0.25, -0.2) is 0 Å². The molecule has 2 aromatic rings. The van der Waals surface area contributed by atoms with E-state index in [1.165, 1.54) is 56.9 Å². The molecule has 3 aliphatic rings. The van der Waals surface area contributed by atoms with Gasteiger partial charge in [-0.1, -0.05) is 25.3 Å². The predicted molar refractivity (Wildman–Crippen MR) is 109 cm³/mol. The summed E-state index contributed by atoms with van der Waals surface area (Å²) in [4.78, 5) is 0. The number of nitrogens with zero attached hydrogens (tertiary/aromatic N) is 1. The fourth-order valence-corrected chi connectivity index (χ4v) is 5.22. The Labute approximate surface area is 161 Å². The van der Waals surface area contributed by atoms with Crippen molar-refractivity contribution in [1.82, 2.24) is 9.88 Å². The molecule has 148 valence electrons. The molecule has 0 bridgehead atoms. The summed E-state index contributed by atoms with van der Waals surface area (Å²) in [6.07, 6.45) is 11.8. The van der Waals surface area contributed by atoms with Crippen LogP contribution in [0.25, 0.3) is 10.9 Å². The molecule has 1 aromatic heterocycles. The number of hydrogen-bond donors (Lipinski definition) is 2. The normalized spacial score (nSPS) is 22.8. The van der Waals surface area contributed by atoms with E-state index in [0.29, 0.717) is 12.3 Å². The lowest BCUT2D eigenvalue weighted by atomic mass is 9.83. The monoisotopic (exact) mass is 390 g/mol. The van der Waals surface area contributed by atoms with E-state index < -0.39 is 10.1 Å². The van der Waals surface area contributed by atoms with E-state index in [1.807, 2.05) is 0 Å². The Morgan fingerprint density at radius 2 is 1.85 bits per heavy atom. The summed E-state index contributed by atoms with van der Waals surface area (Å²) in [6.45, 7) is 2.27. The van der Waals surface area contributed by atoms with Gasteiger partial charge >= 0.3 is 0 Å². The van der Waals surface area contributed by atoms with E-state index in [4.69, 9.17) is 4.55 Å². The van der Waals surface area contributed by atoms with E-state index in [-0.39, 0.29) is 0 Å². The van der Waals surface area contributed by atoms with Gasteiger partial charge in [-0.15, -0.1) is 0 Å². The second-order valence-electron chi connectivity index (χ2n) is 8.26. The molecule has 1 fully saturated rings. The van der Waals surface area contributed by atoms with Crippen molar-refractivity contribution in [2.24, 2.45) is 0 Å². The van der Waals surface area contributed by atoms with Gasteiger partial charge in [0.1, 0.15) is 0 Å². The second-order valence-corrected chi connectivity index (χ2v) is 9.72. The first-order valence-electron chi connectivity index (χ1n) is 10.2. The Bertz CT molecular complexity index is 917.